The van der Waals surface area contributed by atoms with Crippen LogP contribution < -0.4 is 4.90 Å². The van der Waals surface area contributed by atoms with E-state index in [1.165, 1.54) is 4.90 Å². The zero-order valence-corrected chi connectivity index (χ0v) is 22.8. The van der Waals surface area contributed by atoms with Crippen molar-refractivity contribution in [2.45, 2.75) is 37.2 Å². The lowest BCUT2D eigenvalue weighted by atomic mass is 9.91. The Morgan fingerprint density at radius 2 is 1.55 bits per heavy atom. The average molecular weight is 557 g/mol. The molecule has 3 aromatic carbocycles. The predicted octanol–water partition coefficient (Wildman–Crippen LogP) is 4.69. The van der Waals surface area contributed by atoms with Crippen LogP contribution in [-0.2, 0) is 23.1 Å². The molecule has 0 bridgehead atoms. The minimum absolute atomic E-state index is 0.0228. The van der Waals surface area contributed by atoms with E-state index in [-0.39, 0.29) is 36.5 Å². The monoisotopic (exact) mass is 556 g/mol. The van der Waals surface area contributed by atoms with Crippen molar-refractivity contribution in [2.75, 3.05) is 10.7 Å². The van der Waals surface area contributed by atoms with Gasteiger partial charge in [0.05, 0.1) is 35.6 Å². The quantitative estimate of drug-likeness (QED) is 0.258. The fourth-order valence-corrected chi connectivity index (χ4v) is 6.13. The summed E-state index contributed by atoms with van der Waals surface area (Å²) in [5, 5.41) is 18.4. The molecule has 10 heteroatoms. The van der Waals surface area contributed by atoms with Gasteiger partial charge in [0.1, 0.15) is 6.33 Å². The molecule has 2 amide bonds. The van der Waals surface area contributed by atoms with E-state index in [0.717, 1.165) is 21.8 Å². The van der Waals surface area contributed by atoms with E-state index in [0.29, 0.717) is 22.6 Å². The fourth-order valence-electron chi connectivity index (χ4n) is 5.07. The highest BCUT2D eigenvalue weighted by molar-refractivity contribution is 7.99. The number of nitrogens with zero attached hydrogens (tertiary/aromatic N) is 4. The summed E-state index contributed by atoms with van der Waals surface area (Å²) in [5.41, 5.74) is 3.90. The number of hydrogen-bond acceptors (Lipinski definition) is 8. The van der Waals surface area contributed by atoms with Gasteiger partial charge in [-0.25, -0.2) is 4.90 Å². The number of benzene rings is 3. The van der Waals surface area contributed by atoms with Crippen LogP contribution in [0.25, 0.3) is 0 Å². The van der Waals surface area contributed by atoms with Gasteiger partial charge in [0.15, 0.2) is 11.4 Å². The second-order valence-corrected chi connectivity index (χ2v) is 10.9. The smallest absolute Gasteiger partial charge is 0.266 e. The Labute approximate surface area is 235 Å². The average Bonchev–Trinajstić information content (AvgIpc) is 3.52. The molecule has 6 rings (SSSR count). The van der Waals surface area contributed by atoms with Gasteiger partial charge in [-0.3, -0.25) is 9.59 Å². The lowest BCUT2D eigenvalue weighted by molar-refractivity contribution is -0.268. The highest BCUT2D eigenvalue weighted by Gasteiger charge is 2.39. The molecule has 204 valence electrons. The first kappa shape index (κ1) is 26.4. The zero-order valence-electron chi connectivity index (χ0n) is 22.0. The highest BCUT2D eigenvalue weighted by atomic mass is 32.2. The number of thioether (sulfide) groups is 1. The molecule has 2 aliphatic rings. The number of amides is 2. The molecule has 4 atom stereocenters. The first-order chi connectivity index (χ1) is 19.4. The maximum atomic E-state index is 12.9. The van der Waals surface area contributed by atoms with Gasteiger partial charge in [0.2, 0.25) is 0 Å². The van der Waals surface area contributed by atoms with Gasteiger partial charge in [-0.05, 0) is 35.4 Å². The van der Waals surface area contributed by atoms with E-state index in [9.17, 15) is 14.7 Å². The van der Waals surface area contributed by atoms with Gasteiger partial charge in [-0.2, -0.15) is 0 Å². The number of imide groups is 1. The van der Waals surface area contributed by atoms with Crippen molar-refractivity contribution in [3.05, 3.63) is 107 Å². The molecular formula is C30H28N4O5S. The molecular weight excluding hydrogens is 528 g/mol. The molecule has 0 saturated carbocycles. The van der Waals surface area contributed by atoms with Crippen LogP contribution >= 0.6 is 11.8 Å². The van der Waals surface area contributed by atoms with Gasteiger partial charge in [-0.15, -0.1) is 10.2 Å². The summed E-state index contributed by atoms with van der Waals surface area (Å²) in [6.07, 6.45) is 0.576. The van der Waals surface area contributed by atoms with Crippen LogP contribution in [0.4, 0.5) is 5.69 Å². The second kappa shape index (κ2) is 11.0. The lowest BCUT2D eigenvalue weighted by Crippen LogP contribution is -2.38. The molecule has 4 unspecified atom stereocenters. The maximum absolute atomic E-state index is 12.9. The number of aliphatic hydroxyl groups excluding tert-OH is 1. The number of rotatable bonds is 7. The van der Waals surface area contributed by atoms with Crippen molar-refractivity contribution in [1.82, 2.24) is 14.8 Å². The summed E-state index contributed by atoms with van der Waals surface area (Å²) in [7, 11) is 1.90. The number of anilines is 1. The van der Waals surface area contributed by atoms with Crippen LogP contribution in [0.5, 0.6) is 0 Å². The molecule has 1 saturated heterocycles. The highest BCUT2D eigenvalue weighted by Crippen LogP contribution is 2.43. The Kier molecular flexibility index (Phi) is 7.24. The van der Waals surface area contributed by atoms with Crippen molar-refractivity contribution >= 4 is 29.3 Å². The molecule has 0 radical (unpaired) electrons. The van der Waals surface area contributed by atoms with Crippen LogP contribution in [-0.4, -0.2) is 43.5 Å². The van der Waals surface area contributed by atoms with Gasteiger partial charge in [0, 0.05) is 24.3 Å². The maximum Gasteiger partial charge on any atom is 0.266 e. The number of ether oxygens (including phenoxy) is 2. The standard InChI is InChI=1S/C30H28N4O5S/c1-18-25(16-40-30-32-31-17-33(30)2)38-29(39-26(18)20-9-7-19(15-35)8-10-20)21-11-13-22(14-12-21)34-27(36)23-5-3-4-6-24(23)28(34)37/h3-14,17-18,25-26,29,35H,15-16H2,1-2H3. The van der Waals surface area contributed by atoms with Crippen LogP contribution in [0.1, 0.15) is 56.7 Å². The van der Waals surface area contributed by atoms with Gasteiger partial charge >= 0.3 is 0 Å². The molecule has 3 heterocycles. The van der Waals surface area contributed by atoms with E-state index in [1.807, 2.05) is 48.0 Å². The van der Waals surface area contributed by atoms with Gasteiger partial charge in [-0.1, -0.05) is 67.2 Å². The summed E-state index contributed by atoms with van der Waals surface area (Å²) in [6, 6.07) is 21.8. The summed E-state index contributed by atoms with van der Waals surface area (Å²) in [5.74, 6) is 0.0000859. The van der Waals surface area contributed by atoms with E-state index in [2.05, 4.69) is 17.1 Å². The minimum Gasteiger partial charge on any atom is -0.392 e. The fraction of sp³-hybridized carbons (Fsp3) is 0.267. The first-order valence-electron chi connectivity index (χ1n) is 13.0. The van der Waals surface area contributed by atoms with E-state index >= 15 is 0 Å². The number of carbonyl (C=O) groups excluding carboxylic acids is 2. The Morgan fingerprint density at radius 3 is 2.15 bits per heavy atom. The Balaban J connectivity index is 1.26. The van der Waals surface area contributed by atoms with Crippen LogP contribution in [0.15, 0.2) is 84.3 Å². The molecule has 1 N–H and O–H groups in total. The number of aliphatic hydroxyl groups is 1. The van der Waals surface area contributed by atoms with Crippen molar-refractivity contribution < 1.29 is 24.2 Å². The van der Waals surface area contributed by atoms with Gasteiger partial charge in [0.25, 0.3) is 11.8 Å². The molecule has 1 aromatic heterocycles. The van der Waals surface area contributed by atoms with Crippen molar-refractivity contribution in [3.8, 4) is 0 Å². The molecule has 40 heavy (non-hydrogen) atoms. The molecule has 1 fully saturated rings. The Morgan fingerprint density at radius 1 is 0.900 bits per heavy atom. The van der Waals surface area contributed by atoms with Crippen molar-refractivity contribution in [3.63, 3.8) is 0 Å². The number of aryl methyl sites for hydroxylation is 1. The van der Waals surface area contributed by atoms with E-state index in [4.69, 9.17) is 9.47 Å². The summed E-state index contributed by atoms with van der Waals surface area (Å²) in [4.78, 5) is 27.1. The number of aromatic nitrogens is 3. The minimum atomic E-state index is -0.667. The Bertz CT molecular complexity index is 1500. The topological polar surface area (TPSA) is 107 Å². The molecule has 9 nitrogen and oxygen atoms in total. The largest absolute Gasteiger partial charge is 0.392 e. The molecule has 0 spiro atoms. The first-order valence-corrected chi connectivity index (χ1v) is 14.0. The number of carbonyl (C=O) groups is 2. The van der Waals surface area contributed by atoms with Crippen LogP contribution in [0, 0.1) is 5.92 Å². The third-order valence-corrected chi connectivity index (χ3v) is 8.51. The summed E-state index contributed by atoms with van der Waals surface area (Å²) >= 11 is 1.57. The van der Waals surface area contributed by atoms with Crippen molar-refractivity contribution in [2.24, 2.45) is 13.0 Å². The summed E-state index contributed by atoms with van der Waals surface area (Å²) < 4.78 is 14.9. The third-order valence-electron chi connectivity index (χ3n) is 7.39. The molecule has 4 aromatic rings. The number of hydrogen-bond donors (Lipinski definition) is 1. The number of fused-ring (bicyclic) bond motifs is 1. The van der Waals surface area contributed by atoms with Crippen LogP contribution in [0.3, 0.4) is 0 Å². The normalized spacial score (nSPS) is 22.5. The van der Waals surface area contributed by atoms with Crippen LogP contribution in [0.2, 0.25) is 0 Å². The van der Waals surface area contributed by atoms with Crippen molar-refractivity contribution in [1.29, 1.82) is 0 Å². The third kappa shape index (κ3) is 4.84. The Hall–Kier alpha value is -3.83. The second-order valence-electron chi connectivity index (χ2n) is 9.94. The molecule has 0 aliphatic carbocycles. The lowest BCUT2D eigenvalue weighted by Gasteiger charge is -2.41. The van der Waals surface area contributed by atoms with E-state index < -0.39 is 6.29 Å². The van der Waals surface area contributed by atoms with Gasteiger partial charge < -0.3 is 19.1 Å². The predicted molar refractivity (Wildman–Crippen MR) is 149 cm³/mol. The summed E-state index contributed by atoms with van der Waals surface area (Å²) in [6.45, 7) is 2.08. The molecule has 2 aliphatic heterocycles. The van der Waals surface area contributed by atoms with E-state index in [1.54, 1.807) is 54.5 Å². The SMILES string of the molecule is CC1C(CSc2nncn2C)OC(c2ccc(N3C(=O)c4ccccc4C3=O)cc2)OC1c1ccc(CO)cc1. The zero-order chi connectivity index (χ0) is 27.8.